The summed E-state index contributed by atoms with van der Waals surface area (Å²) in [6, 6.07) is 17.8. The van der Waals surface area contributed by atoms with Gasteiger partial charge in [0, 0.05) is 35.6 Å². The van der Waals surface area contributed by atoms with E-state index in [1.54, 1.807) is 4.57 Å². The molecule has 0 atom stereocenters. The minimum absolute atomic E-state index is 0.0220. The lowest BCUT2D eigenvalue weighted by atomic mass is 10.0. The molecule has 166 valence electrons. The van der Waals surface area contributed by atoms with Crippen molar-refractivity contribution in [3.63, 3.8) is 0 Å². The lowest BCUT2D eigenvalue weighted by molar-refractivity contribution is -0.116. The Kier molecular flexibility index (Phi) is 6.86. The van der Waals surface area contributed by atoms with E-state index in [1.807, 2.05) is 56.3 Å². The number of amides is 1. The molecule has 0 spiro atoms. The molecule has 0 fully saturated rings. The summed E-state index contributed by atoms with van der Waals surface area (Å²) in [5.74, 6) is 0.426. The van der Waals surface area contributed by atoms with Crippen LogP contribution in [0.3, 0.4) is 0 Å². The van der Waals surface area contributed by atoms with Crippen LogP contribution in [0.15, 0.2) is 63.9 Å². The Morgan fingerprint density at radius 1 is 1.12 bits per heavy atom. The van der Waals surface area contributed by atoms with Gasteiger partial charge >= 0.3 is 0 Å². The van der Waals surface area contributed by atoms with E-state index in [-0.39, 0.29) is 23.9 Å². The molecule has 4 rings (SSSR count). The second-order valence-corrected chi connectivity index (χ2v) is 9.27. The number of aromatic nitrogens is 2. The van der Waals surface area contributed by atoms with Gasteiger partial charge in [0.05, 0.1) is 11.4 Å². The standard InChI is InChI=1S/C25H27BrN4O2/c1-17(2)24-28-22-15-29(14-18-8-4-3-5-9-18)13-12-19(22)25(32)30(24)16-23(31)27-21-11-7-6-10-20(21)26/h3-11,17H,12-16H2,1-2H3,(H,27,31). The van der Waals surface area contributed by atoms with Crippen molar-refractivity contribution >= 4 is 27.5 Å². The maximum atomic E-state index is 13.4. The number of carbonyl (C=O) groups excluding carboxylic acids is 1. The van der Waals surface area contributed by atoms with Crippen molar-refractivity contribution in [3.05, 3.63) is 92.1 Å². The average molecular weight is 495 g/mol. The van der Waals surface area contributed by atoms with Crippen LogP contribution < -0.4 is 10.9 Å². The number of hydrogen-bond donors (Lipinski definition) is 1. The van der Waals surface area contributed by atoms with Gasteiger partial charge in [0.25, 0.3) is 5.56 Å². The van der Waals surface area contributed by atoms with Gasteiger partial charge in [-0.3, -0.25) is 19.1 Å². The summed E-state index contributed by atoms with van der Waals surface area (Å²) in [4.78, 5) is 33.3. The minimum atomic E-state index is -0.246. The third kappa shape index (κ3) is 5.00. The van der Waals surface area contributed by atoms with E-state index in [4.69, 9.17) is 4.98 Å². The van der Waals surface area contributed by atoms with Crippen LogP contribution in [0.2, 0.25) is 0 Å². The Morgan fingerprint density at radius 3 is 2.56 bits per heavy atom. The van der Waals surface area contributed by atoms with E-state index in [9.17, 15) is 9.59 Å². The number of carbonyl (C=O) groups is 1. The molecule has 6 nitrogen and oxygen atoms in total. The topological polar surface area (TPSA) is 67.2 Å². The Labute approximate surface area is 196 Å². The van der Waals surface area contributed by atoms with Gasteiger partial charge in [0.1, 0.15) is 12.4 Å². The van der Waals surface area contributed by atoms with Gasteiger partial charge in [-0.15, -0.1) is 0 Å². The molecule has 32 heavy (non-hydrogen) atoms. The largest absolute Gasteiger partial charge is 0.324 e. The van der Waals surface area contributed by atoms with Gasteiger partial charge < -0.3 is 5.32 Å². The summed E-state index contributed by atoms with van der Waals surface area (Å²) in [6.07, 6.45) is 0.637. The Hall–Kier alpha value is -2.77. The molecular formula is C25H27BrN4O2. The number of benzene rings is 2. The van der Waals surface area contributed by atoms with Crippen LogP contribution in [0.1, 0.15) is 42.4 Å². The molecule has 2 aromatic carbocycles. The summed E-state index contributed by atoms with van der Waals surface area (Å²) < 4.78 is 2.34. The fourth-order valence-corrected chi connectivity index (χ4v) is 4.45. The number of hydrogen-bond acceptors (Lipinski definition) is 4. The molecule has 0 saturated heterocycles. The number of rotatable bonds is 6. The van der Waals surface area contributed by atoms with E-state index in [0.29, 0.717) is 24.5 Å². The van der Waals surface area contributed by atoms with Crippen LogP contribution in [-0.2, 0) is 30.8 Å². The van der Waals surface area contributed by atoms with Crippen LogP contribution in [0, 0.1) is 0 Å². The predicted octanol–water partition coefficient (Wildman–Crippen LogP) is 4.33. The zero-order valence-electron chi connectivity index (χ0n) is 18.3. The number of fused-ring (bicyclic) bond motifs is 1. The maximum absolute atomic E-state index is 13.4. The van der Waals surface area contributed by atoms with Gasteiger partial charge in [-0.2, -0.15) is 0 Å². The number of nitrogens with one attached hydrogen (secondary N) is 1. The molecule has 0 saturated carbocycles. The first-order chi connectivity index (χ1) is 15.4. The normalized spacial score (nSPS) is 13.8. The molecule has 1 amide bonds. The quantitative estimate of drug-likeness (QED) is 0.553. The Morgan fingerprint density at radius 2 is 1.84 bits per heavy atom. The van der Waals surface area contributed by atoms with Crippen LogP contribution in [0.4, 0.5) is 5.69 Å². The summed E-state index contributed by atoms with van der Waals surface area (Å²) in [6.45, 7) is 6.21. The molecule has 1 aromatic heterocycles. The predicted molar refractivity (Wildman–Crippen MR) is 130 cm³/mol. The molecule has 2 heterocycles. The summed E-state index contributed by atoms with van der Waals surface area (Å²) in [5, 5.41) is 2.88. The molecule has 0 radical (unpaired) electrons. The number of nitrogens with zero attached hydrogens (tertiary/aromatic N) is 3. The Bertz CT molecular complexity index is 1170. The lowest BCUT2D eigenvalue weighted by Gasteiger charge is -2.29. The Balaban J connectivity index is 1.57. The first-order valence-electron chi connectivity index (χ1n) is 10.9. The monoisotopic (exact) mass is 494 g/mol. The average Bonchev–Trinajstić information content (AvgIpc) is 2.77. The molecule has 0 unspecified atom stereocenters. The zero-order valence-corrected chi connectivity index (χ0v) is 19.9. The zero-order chi connectivity index (χ0) is 22.7. The molecule has 1 aliphatic rings. The van der Waals surface area contributed by atoms with Crippen molar-refractivity contribution in [2.75, 3.05) is 11.9 Å². The molecule has 0 aliphatic carbocycles. The van der Waals surface area contributed by atoms with Crippen molar-refractivity contribution in [2.24, 2.45) is 0 Å². The summed E-state index contributed by atoms with van der Waals surface area (Å²) in [5.41, 5.74) is 3.40. The van der Waals surface area contributed by atoms with E-state index >= 15 is 0 Å². The van der Waals surface area contributed by atoms with E-state index in [1.165, 1.54) is 5.56 Å². The van der Waals surface area contributed by atoms with Crippen molar-refractivity contribution in [1.29, 1.82) is 0 Å². The van der Waals surface area contributed by atoms with Crippen LogP contribution in [0.25, 0.3) is 0 Å². The third-order valence-electron chi connectivity index (χ3n) is 5.64. The minimum Gasteiger partial charge on any atom is -0.324 e. The fraction of sp³-hybridized carbons (Fsp3) is 0.320. The highest BCUT2D eigenvalue weighted by Crippen LogP contribution is 2.22. The second kappa shape index (κ2) is 9.79. The van der Waals surface area contributed by atoms with Crippen molar-refractivity contribution in [2.45, 2.75) is 45.8 Å². The van der Waals surface area contributed by atoms with Gasteiger partial charge in [-0.1, -0.05) is 56.3 Å². The van der Waals surface area contributed by atoms with Crippen LogP contribution >= 0.6 is 15.9 Å². The van der Waals surface area contributed by atoms with Crippen molar-refractivity contribution in [1.82, 2.24) is 14.5 Å². The molecule has 0 bridgehead atoms. The highest BCUT2D eigenvalue weighted by Gasteiger charge is 2.25. The third-order valence-corrected chi connectivity index (χ3v) is 6.34. The number of anilines is 1. The van der Waals surface area contributed by atoms with E-state index in [0.717, 1.165) is 28.8 Å². The molecule has 3 aromatic rings. The summed E-state index contributed by atoms with van der Waals surface area (Å²) >= 11 is 3.44. The summed E-state index contributed by atoms with van der Waals surface area (Å²) in [7, 11) is 0. The van der Waals surface area contributed by atoms with Crippen molar-refractivity contribution in [3.8, 4) is 0 Å². The fourth-order valence-electron chi connectivity index (χ4n) is 4.07. The number of para-hydroxylation sites is 1. The second-order valence-electron chi connectivity index (χ2n) is 8.42. The number of halogens is 1. The highest BCUT2D eigenvalue weighted by atomic mass is 79.9. The van der Waals surface area contributed by atoms with Crippen LogP contribution in [0.5, 0.6) is 0 Å². The van der Waals surface area contributed by atoms with E-state index in [2.05, 4.69) is 38.3 Å². The first kappa shape index (κ1) is 22.4. The van der Waals surface area contributed by atoms with Gasteiger partial charge in [-0.05, 0) is 40.0 Å². The molecule has 1 aliphatic heterocycles. The smallest absolute Gasteiger partial charge is 0.257 e. The highest BCUT2D eigenvalue weighted by molar-refractivity contribution is 9.10. The van der Waals surface area contributed by atoms with E-state index < -0.39 is 0 Å². The van der Waals surface area contributed by atoms with Gasteiger partial charge in [0.15, 0.2) is 0 Å². The maximum Gasteiger partial charge on any atom is 0.257 e. The van der Waals surface area contributed by atoms with Gasteiger partial charge in [0.2, 0.25) is 5.91 Å². The van der Waals surface area contributed by atoms with Crippen LogP contribution in [-0.4, -0.2) is 26.9 Å². The lowest BCUT2D eigenvalue weighted by Crippen LogP contribution is -2.40. The first-order valence-corrected chi connectivity index (χ1v) is 11.6. The molecule has 1 N–H and O–H groups in total. The SMILES string of the molecule is CC(C)c1nc2c(c(=O)n1CC(=O)Nc1ccccc1Br)CCN(Cc1ccccc1)C2. The van der Waals surface area contributed by atoms with Gasteiger partial charge in [-0.25, -0.2) is 4.98 Å². The molecular weight excluding hydrogens is 468 g/mol. The van der Waals surface area contributed by atoms with Crippen molar-refractivity contribution < 1.29 is 4.79 Å². The molecule has 7 heteroatoms.